The Labute approximate surface area is 229 Å². The zero-order chi connectivity index (χ0) is 25.7. The van der Waals surface area contributed by atoms with Gasteiger partial charge in [0.2, 0.25) is 0 Å². The molecule has 0 aliphatic carbocycles. The molecule has 0 aliphatic rings. The minimum Gasteiger partial charge on any atom is -0.389 e. The van der Waals surface area contributed by atoms with E-state index in [9.17, 15) is 5.11 Å². The molecule has 196 valence electrons. The summed E-state index contributed by atoms with van der Waals surface area (Å²) in [5, 5.41) is 12.4. The summed E-state index contributed by atoms with van der Waals surface area (Å²) in [6.07, 6.45) is 6.93. The number of imidazole rings is 1. The van der Waals surface area contributed by atoms with E-state index < -0.39 is 5.60 Å². The Hall–Kier alpha value is -2.88. The molecule has 1 heterocycles. The summed E-state index contributed by atoms with van der Waals surface area (Å²) in [7, 11) is 0. The van der Waals surface area contributed by atoms with Gasteiger partial charge >= 0.3 is 0 Å². The molecule has 37 heavy (non-hydrogen) atoms. The van der Waals surface area contributed by atoms with Gasteiger partial charge in [-0.25, -0.2) is 4.98 Å². The second-order valence-electron chi connectivity index (χ2n) is 10.5. The third-order valence-corrected chi connectivity index (χ3v) is 8.04. The minimum absolute atomic E-state index is 0. The minimum atomic E-state index is -0.840. The van der Waals surface area contributed by atoms with E-state index in [2.05, 4.69) is 105 Å². The van der Waals surface area contributed by atoms with Crippen LogP contribution in [0, 0.1) is 27.7 Å². The van der Waals surface area contributed by atoms with Gasteiger partial charge < -0.3 is 9.67 Å². The Kier molecular flexibility index (Phi) is 9.75. The van der Waals surface area contributed by atoms with Crippen LogP contribution >= 0.6 is 12.4 Å². The lowest BCUT2D eigenvalue weighted by Gasteiger charge is -2.37. The molecule has 0 aliphatic heterocycles. The quantitative estimate of drug-likeness (QED) is 0.234. The van der Waals surface area contributed by atoms with Crippen LogP contribution in [0.25, 0.3) is 0 Å². The lowest BCUT2D eigenvalue weighted by molar-refractivity contribution is 0.000119. The molecule has 0 amide bonds. The van der Waals surface area contributed by atoms with Crippen molar-refractivity contribution in [1.82, 2.24) is 9.55 Å². The fourth-order valence-corrected chi connectivity index (χ4v) is 5.75. The summed E-state index contributed by atoms with van der Waals surface area (Å²) >= 11 is 0. The molecule has 4 rings (SSSR count). The molecule has 1 N–H and O–H groups in total. The maximum Gasteiger partial charge on any atom is 0.0951 e. The maximum absolute atomic E-state index is 12.4. The van der Waals surface area contributed by atoms with Gasteiger partial charge in [-0.1, -0.05) is 73.7 Å². The molecule has 2 unspecified atom stereocenters. The summed E-state index contributed by atoms with van der Waals surface area (Å²) in [6.45, 7) is 11.7. The van der Waals surface area contributed by atoms with Crippen molar-refractivity contribution < 1.29 is 5.11 Å². The van der Waals surface area contributed by atoms with Crippen LogP contribution in [0.3, 0.4) is 0 Å². The van der Waals surface area contributed by atoms with E-state index in [1.807, 2.05) is 18.6 Å². The van der Waals surface area contributed by atoms with Crippen LogP contribution in [-0.2, 0) is 19.4 Å². The van der Waals surface area contributed by atoms with Crippen molar-refractivity contribution in [1.29, 1.82) is 0 Å². The Morgan fingerprint density at radius 3 is 1.97 bits per heavy atom. The van der Waals surface area contributed by atoms with E-state index in [1.165, 1.54) is 38.9 Å². The highest BCUT2D eigenvalue weighted by Crippen LogP contribution is 2.39. The van der Waals surface area contributed by atoms with Crippen LogP contribution in [0.2, 0.25) is 0 Å². The molecule has 0 saturated carbocycles. The Balaban J connectivity index is 0.00000380. The average molecular weight is 517 g/mol. The van der Waals surface area contributed by atoms with E-state index in [1.54, 1.807) is 0 Å². The average Bonchev–Trinajstić information content (AvgIpc) is 3.30. The fourth-order valence-electron chi connectivity index (χ4n) is 5.75. The second-order valence-corrected chi connectivity index (χ2v) is 10.5. The molecule has 0 bridgehead atoms. The number of aliphatic hydroxyl groups is 1. The van der Waals surface area contributed by atoms with Crippen LogP contribution in [-0.4, -0.2) is 20.3 Å². The van der Waals surface area contributed by atoms with Crippen LogP contribution in [0.15, 0.2) is 79.3 Å². The lowest BCUT2D eigenvalue weighted by Crippen LogP contribution is -2.37. The second kappa shape index (κ2) is 12.6. The molecule has 4 heteroatoms. The molecule has 2 atom stereocenters. The summed E-state index contributed by atoms with van der Waals surface area (Å²) in [6, 6.07) is 23.4. The van der Waals surface area contributed by atoms with Gasteiger partial charge in [0.25, 0.3) is 0 Å². The largest absolute Gasteiger partial charge is 0.389 e. The summed E-state index contributed by atoms with van der Waals surface area (Å²) in [4.78, 5) is 4.45. The predicted octanol–water partition coefficient (Wildman–Crippen LogP) is 7.69. The normalized spacial score (nSPS) is 13.6. The first kappa shape index (κ1) is 28.7. The van der Waals surface area contributed by atoms with Gasteiger partial charge in [0.1, 0.15) is 0 Å². The van der Waals surface area contributed by atoms with Crippen molar-refractivity contribution in [2.24, 2.45) is 0 Å². The molecule has 0 radical (unpaired) electrons. The SMILES string of the molecule is Cc1cccc(C)c1CCC(O)(CCc1cncn1Cc1ccccc1)C(C)c1c(C)cccc1C.Cl. The summed E-state index contributed by atoms with van der Waals surface area (Å²) in [5.41, 5.74) is 9.33. The first-order chi connectivity index (χ1) is 17.3. The molecule has 4 aromatic rings. The molecule has 0 fully saturated rings. The topological polar surface area (TPSA) is 38.1 Å². The van der Waals surface area contributed by atoms with Crippen LogP contribution in [0.1, 0.15) is 70.3 Å². The molecular formula is C33H41ClN2O. The van der Waals surface area contributed by atoms with E-state index in [4.69, 9.17) is 0 Å². The van der Waals surface area contributed by atoms with Gasteiger partial charge in [-0.3, -0.25) is 0 Å². The number of aromatic nitrogens is 2. The smallest absolute Gasteiger partial charge is 0.0951 e. The van der Waals surface area contributed by atoms with Crippen LogP contribution < -0.4 is 0 Å². The Bertz CT molecular complexity index is 1260. The Morgan fingerprint density at radius 2 is 1.35 bits per heavy atom. The highest BCUT2D eigenvalue weighted by molar-refractivity contribution is 5.85. The zero-order valence-electron chi connectivity index (χ0n) is 22.9. The number of hydrogen-bond donors (Lipinski definition) is 1. The van der Waals surface area contributed by atoms with Crippen molar-refractivity contribution in [3.63, 3.8) is 0 Å². The van der Waals surface area contributed by atoms with Crippen LogP contribution in [0.4, 0.5) is 0 Å². The van der Waals surface area contributed by atoms with Gasteiger partial charge in [-0.05, 0) is 92.3 Å². The summed E-state index contributed by atoms with van der Waals surface area (Å²) in [5.74, 6) is 0.0218. The van der Waals surface area contributed by atoms with Gasteiger partial charge in [0, 0.05) is 24.4 Å². The first-order valence-corrected chi connectivity index (χ1v) is 13.1. The molecule has 3 nitrogen and oxygen atoms in total. The van der Waals surface area contributed by atoms with E-state index in [-0.39, 0.29) is 18.3 Å². The molecule has 3 aromatic carbocycles. The fraction of sp³-hybridized carbons (Fsp3) is 0.364. The number of nitrogens with zero attached hydrogens (tertiary/aromatic N) is 2. The first-order valence-electron chi connectivity index (χ1n) is 13.1. The van der Waals surface area contributed by atoms with Crippen molar-refractivity contribution in [3.8, 4) is 0 Å². The lowest BCUT2D eigenvalue weighted by atomic mass is 9.74. The number of rotatable bonds is 10. The number of hydrogen-bond acceptors (Lipinski definition) is 2. The van der Waals surface area contributed by atoms with Crippen molar-refractivity contribution >= 4 is 12.4 Å². The summed E-state index contributed by atoms with van der Waals surface area (Å²) < 4.78 is 2.21. The van der Waals surface area contributed by atoms with Gasteiger partial charge in [-0.15, -0.1) is 12.4 Å². The molecular weight excluding hydrogens is 476 g/mol. The number of benzene rings is 3. The van der Waals surface area contributed by atoms with E-state index >= 15 is 0 Å². The highest BCUT2D eigenvalue weighted by Gasteiger charge is 2.36. The molecule has 0 spiro atoms. The van der Waals surface area contributed by atoms with Crippen LogP contribution in [0.5, 0.6) is 0 Å². The van der Waals surface area contributed by atoms with Crippen molar-refractivity contribution in [2.45, 2.75) is 78.4 Å². The Morgan fingerprint density at radius 1 is 0.784 bits per heavy atom. The predicted molar refractivity (Wildman–Crippen MR) is 157 cm³/mol. The monoisotopic (exact) mass is 516 g/mol. The van der Waals surface area contributed by atoms with Crippen molar-refractivity contribution in [3.05, 3.63) is 124 Å². The third-order valence-electron chi connectivity index (χ3n) is 8.04. The van der Waals surface area contributed by atoms with Crippen molar-refractivity contribution in [2.75, 3.05) is 0 Å². The van der Waals surface area contributed by atoms with Gasteiger partial charge in [0.15, 0.2) is 0 Å². The van der Waals surface area contributed by atoms with E-state index in [0.717, 1.165) is 31.5 Å². The molecule has 0 saturated heterocycles. The standard InChI is InChI=1S/C33H40N2O.ClH/c1-24-11-9-12-25(2)31(24)18-20-33(36,28(5)32-26(3)13-10-14-27(32)4)19-17-30-21-34-23-35(30)22-29-15-7-6-8-16-29;/h6-16,21,23,28,36H,17-20,22H2,1-5H3;1H. The number of aryl methyl sites for hydroxylation is 5. The van der Waals surface area contributed by atoms with Gasteiger partial charge in [-0.2, -0.15) is 0 Å². The van der Waals surface area contributed by atoms with Gasteiger partial charge in [0.05, 0.1) is 11.9 Å². The van der Waals surface area contributed by atoms with E-state index in [0.29, 0.717) is 6.42 Å². The zero-order valence-corrected chi connectivity index (χ0v) is 23.7. The maximum atomic E-state index is 12.4. The highest BCUT2D eigenvalue weighted by atomic mass is 35.5. The molecule has 1 aromatic heterocycles. The third kappa shape index (κ3) is 6.71. The number of halogens is 1.